The Hall–Kier alpha value is -0.920. The van der Waals surface area contributed by atoms with Crippen molar-refractivity contribution in [2.45, 2.75) is 12.3 Å². The summed E-state index contributed by atoms with van der Waals surface area (Å²) in [5.41, 5.74) is 0. The summed E-state index contributed by atoms with van der Waals surface area (Å²) < 4.78 is 62.8. The lowest BCUT2D eigenvalue weighted by Crippen LogP contribution is -2.45. The Morgan fingerprint density at radius 2 is 1.69 bits per heavy atom. The van der Waals surface area contributed by atoms with E-state index < -0.39 is 24.2 Å². The van der Waals surface area contributed by atoms with Crippen LogP contribution in [0.1, 0.15) is 0 Å². The SMILES string of the molecule is COC(F)(F)C(C(=O)O)C(F)(F)F. The van der Waals surface area contributed by atoms with E-state index in [1.54, 1.807) is 0 Å². The van der Waals surface area contributed by atoms with Gasteiger partial charge in [0, 0.05) is 7.11 Å². The van der Waals surface area contributed by atoms with Crippen LogP contribution in [0.4, 0.5) is 22.0 Å². The van der Waals surface area contributed by atoms with Crippen LogP contribution in [0.3, 0.4) is 0 Å². The van der Waals surface area contributed by atoms with E-state index in [0.29, 0.717) is 7.11 Å². The molecule has 13 heavy (non-hydrogen) atoms. The molecule has 0 heterocycles. The second-order valence-corrected chi connectivity index (χ2v) is 2.08. The van der Waals surface area contributed by atoms with Crippen molar-refractivity contribution in [2.75, 3.05) is 7.11 Å². The number of methoxy groups -OCH3 is 1. The molecule has 0 radical (unpaired) electrons. The molecule has 1 atom stereocenters. The first-order valence-electron chi connectivity index (χ1n) is 2.85. The number of halogens is 5. The average Bonchev–Trinajstić information content (AvgIpc) is 1.82. The molecule has 0 aliphatic rings. The van der Waals surface area contributed by atoms with Gasteiger partial charge in [-0.2, -0.15) is 22.0 Å². The Bertz CT molecular complexity index is 199. The number of hydrogen-bond acceptors (Lipinski definition) is 2. The van der Waals surface area contributed by atoms with Gasteiger partial charge in [0.2, 0.25) is 5.92 Å². The molecule has 0 aliphatic carbocycles. The van der Waals surface area contributed by atoms with Crippen molar-refractivity contribution in [3.05, 3.63) is 0 Å². The van der Waals surface area contributed by atoms with Crippen molar-refractivity contribution < 1.29 is 36.6 Å². The van der Waals surface area contributed by atoms with Crippen LogP contribution in [-0.4, -0.2) is 30.5 Å². The minimum absolute atomic E-state index is 0.293. The molecule has 0 saturated carbocycles. The number of hydrogen-bond donors (Lipinski definition) is 1. The Labute approximate surface area is 69.1 Å². The molecule has 0 spiro atoms. The highest BCUT2D eigenvalue weighted by Crippen LogP contribution is 2.38. The van der Waals surface area contributed by atoms with Crippen LogP contribution in [0, 0.1) is 5.92 Å². The maximum atomic E-state index is 12.2. The summed E-state index contributed by atoms with van der Waals surface area (Å²) in [5.74, 6) is -6.52. The highest BCUT2D eigenvalue weighted by Gasteiger charge is 2.61. The summed E-state index contributed by atoms with van der Waals surface area (Å²) in [7, 11) is 0.293. The summed E-state index contributed by atoms with van der Waals surface area (Å²) in [6, 6.07) is 0. The zero-order valence-corrected chi connectivity index (χ0v) is 6.23. The Kier molecular flexibility index (Phi) is 3.20. The van der Waals surface area contributed by atoms with Gasteiger partial charge in [-0.3, -0.25) is 4.79 Å². The largest absolute Gasteiger partial charge is 0.481 e. The molecule has 78 valence electrons. The molecule has 0 saturated heterocycles. The van der Waals surface area contributed by atoms with Crippen molar-refractivity contribution in [2.24, 2.45) is 5.92 Å². The fourth-order valence-corrected chi connectivity index (χ4v) is 0.592. The number of aliphatic carboxylic acids is 1. The summed E-state index contributed by atoms with van der Waals surface area (Å²) in [6.45, 7) is 0. The fourth-order valence-electron chi connectivity index (χ4n) is 0.592. The van der Waals surface area contributed by atoms with Crippen LogP contribution in [-0.2, 0) is 9.53 Å². The van der Waals surface area contributed by atoms with Gasteiger partial charge in [0.1, 0.15) is 0 Å². The van der Waals surface area contributed by atoms with E-state index in [2.05, 4.69) is 4.74 Å². The van der Waals surface area contributed by atoms with Crippen molar-refractivity contribution in [1.29, 1.82) is 0 Å². The van der Waals surface area contributed by atoms with E-state index in [9.17, 15) is 26.7 Å². The van der Waals surface area contributed by atoms with Crippen LogP contribution >= 0.6 is 0 Å². The van der Waals surface area contributed by atoms with E-state index in [-0.39, 0.29) is 0 Å². The van der Waals surface area contributed by atoms with Gasteiger partial charge in [0.05, 0.1) is 0 Å². The first-order valence-corrected chi connectivity index (χ1v) is 2.85. The van der Waals surface area contributed by atoms with Gasteiger partial charge in [-0.15, -0.1) is 0 Å². The average molecular weight is 208 g/mol. The van der Waals surface area contributed by atoms with Crippen LogP contribution in [0.2, 0.25) is 0 Å². The third-order valence-electron chi connectivity index (χ3n) is 1.18. The van der Waals surface area contributed by atoms with E-state index in [4.69, 9.17) is 5.11 Å². The third-order valence-corrected chi connectivity index (χ3v) is 1.18. The number of alkyl halides is 5. The normalized spacial score (nSPS) is 15.5. The Morgan fingerprint density at radius 3 is 1.77 bits per heavy atom. The molecule has 0 bridgehead atoms. The molecule has 1 unspecified atom stereocenters. The van der Waals surface area contributed by atoms with Crippen molar-refractivity contribution >= 4 is 5.97 Å². The van der Waals surface area contributed by atoms with Crippen LogP contribution in [0.5, 0.6) is 0 Å². The molecule has 3 nitrogen and oxygen atoms in total. The van der Waals surface area contributed by atoms with Gasteiger partial charge >= 0.3 is 18.3 Å². The second kappa shape index (κ2) is 3.44. The lowest BCUT2D eigenvalue weighted by Gasteiger charge is -2.23. The second-order valence-electron chi connectivity index (χ2n) is 2.08. The molecule has 0 aromatic heterocycles. The van der Waals surface area contributed by atoms with Crippen molar-refractivity contribution in [1.82, 2.24) is 0 Å². The van der Waals surface area contributed by atoms with Gasteiger partial charge in [-0.05, 0) is 0 Å². The quantitative estimate of drug-likeness (QED) is 0.714. The number of carboxylic acid groups (broad SMARTS) is 1. The van der Waals surface area contributed by atoms with E-state index in [1.807, 2.05) is 0 Å². The molecule has 0 rings (SSSR count). The first-order chi connectivity index (χ1) is 5.63. The Morgan fingerprint density at radius 1 is 1.31 bits per heavy atom. The summed E-state index contributed by atoms with van der Waals surface area (Å²) in [6.07, 6.45) is -10.3. The molecule has 0 aromatic carbocycles. The van der Waals surface area contributed by atoms with Gasteiger partial charge in [0.25, 0.3) is 0 Å². The summed E-state index contributed by atoms with van der Waals surface area (Å²) in [5, 5.41) is 7.90. The highest BCUT2D eigenvalue weighted by molar-refractivity contribution is 5.71. The van der Waals surface area contributed by atoms with Crippen LogP contribution < -0.4 is 0 Å². The van der Waals surface area contributed by atoms with E-state index >= 15 is 0 Å². The van der Waals surface area contributed by atoms with E-state index in [0.717, 1.165) is 0 Å². The van der Waals surface area contributed by atoms with Gasteiger partial charge in [-0.1, -0.05) is 0 Å². The maximum absolute atomic E-state index is 12.2. The van der Waals surface area contributed by atoms with Crippen LogP contribution in [0.25, 0.3) is 0 Å². The first kappa shape index (κ1) is 12.1. The van der Waals surface area contributed by atoms with Gasteiger partial charge in [0.15, 0.2) is 0 Å². The highest BCUT2D eigenvalue weighted by atomic mass is 19.4. The summed E-state index contributed by atoms with van der Waals surface area (Å²) >= 11 is 0. The topological polar surface area (TPSA) is 46.5 Å². The third kappa shape index (κ3) is 2.79. The van der Waals surface area contributed by atoms with Crippen LogP contribution in [0.15, 0.2) is 0 Å². The van der Waals surface area contributed by atoms with Gasteiger partial charge in [-0.25, -0.2) is 0 Å². The lowest BCUT2D eigenvalue weighted by atomic mass is 10.1. The minimum atomic E-state index is -5.55. The number of carboxylic acids is 1. The molecule has 0 aliphatic heterocycles. The zero-order valence-electron chi connectivity index (χ0n) is 6.23. The predicted octanol–water partition coefficient (Wildman–Crippen LogP) is 1.49. The monoisotopic (exact) mass is 208 g/mol. The molecule has 0 aromatic rings. The zero-order chi connectivity index (χ0) is 10.9. The fraction of sp³-hybridized carbons (Fsp3) is 0.800. The minimum Gasteiger partial charge on any atom is -0.481 e. The van der Waals surface area contributed by atoms with Crippen molar-refractivity contribution in [3.8, 4) is 0 Å². The molecule has 1 N–H and O–H groups in total. The molecule has 8 heteroatoms. The molecular weight excluding hydrogens is 203 g/mol. The van der Waals surface area contributed by atoms with Crippen molar-refractivity contribution in [3.63, 3.8) is 0 Å². The summed E-state index contributed by atoms with van der Waals surface area (Å²) in [4.78, 5) is 9.87. The Balaban J connectivity index is 4.94. The number of ether oxygens (including phenoxy) is 1. The lowest BCUT2D eigenvalue weighted by molar-refractivity contribution is -0.320. The van der Waals surface area contributed by atoms with Gasteiger partial charge < -0.3 is 9.84 Å². The number of carbonyl (C=O) groups is 1. The molecular formula is C5H5F5O3. The molecule has 0 fully saturated rings. The number of rotatable bonds is 3. The smallest absolute Gasteiger partial charge is 0.410 e. The maximum Gasteiger partial charge on any atom is 0.410 e. The predicted molar refractivity (Wildman–Crippen MR) is 29.1 cm³/mol. The molecule has 0 amide bonds. The van der Waals surface area contributed by atoms with E-state index in [1.165, 1.54) is 0 Å². The standard InChI is InChI=1S/C5H5F5O3/c1-13-5(9,10)2(3(11)12)4(6,7)8/h2H,1H3,(H,11,12).